The van der Waals surface area contributed by atoms with Crippen molar-refractivity contribution < 1.29 is 0 Å². The zero-order chi connectivity index (χ0) is 12.9. The Labute approximate surface area is 109 Å². The lowest BCUT2D eigenvalue weighted by Crippen LogP contribution is -1.98. The van der Waals surface area contributed by atoms with Crippen LogP contribution in [0.3, 0.4) is 0 Å². The van der Waals surface area contributed by atoms with Gasteiger partial charge in [-0.1, -0.05) is 23.7 Å². The van der Waals surface area contributed by atoms with E-state index in [-0.39, 0.29) is 0 Å². The summed E-state index contributed by atoms with van der Waals surface area (Å²) >= 11 is 6.19. The molecule has 0 aliphatic heterocycles. The molecule has 0 fully saturated rings. The number of halogens is 1. The van der Waals surface area contributed by atoms with E-state index in [1.807, 2.05) is 32.3 Å². The zero-order valence-corrected chi connectivity index (χ0v) is 10.8. The average molecular weight is 262 g/mol. The standard InChI is InChI=1S/C12H12ClN5/c1-17-9-5-3-4-7(10(9)11(13)16-17)8-6-15-18(2)12(8)14/h3-6H,14H2,1-2H3. The molecular formula is C12H12ClN5. The number of benzene rings is 1. The lowest BCUT2D eigenvalue weighted by Gasteiger charge is -2.03. The topological polar surface area (TPSA) is 61.7 Å². The lowest BCUT2D eigenvalue weighted by atomic mass is 10.0. The molecule has 2 aromatic heterocycles. The Balaban J connectivity index is 2.39. The van der Waals surface area contributed by atoms with E-state index in [1.54, 1.807) is 15.6 Å². The van der Waals surface area contributed by atoms with Crippen molar-refractivity contribution in [2.75, 3.05) is 5.73 Å². The first-order valence-corrected chi connectivity index (χ1v) is 5.86. The van der Waals surface area contributed by atoms with Gasteiger partial charge in [-0.15, -0.1) is 0 Å². The highest BCUT2D eigenvalue weighted by Crippen LogP contribution is 2.35. The summed E-state index contributed by atoms with van der Waals surface area (Å²) in [7, 11) is 3.68. The summed E-state index contributed by atoms with van der Waals surface area (Å²) in [5, 5.41) is 9.77. The fourth-order valence-corrected chi connectivity index (χ4v) is 2.45. The summed E-state index contributed by atoms with van der Waals surface area (Å²) in [6, 6.07) is 5.91. The van der Waals surface area contributed by atoms with Gasteiger partial charge < -0.3 is 5.73 Å². The van der Waals surface area contributed by atoms with Crippen LogP contribution < -0.4 is 5.73 Å². The summed E-state index contributed by atoms with van der Waals surface area (Å²) in [6.45, 7) is 0. The molecule has 0 aliphatic rings. The molecule has 3 aromatic rings. The predicted molar refractivity (Wildman–Crippen MR) is 72.3 cm³/mol. The molecule has 0 bridgehead atoms. The Morgan fingerprint density at radius 2 is 1.94 bits per heavy atom. The van der Waals surface area contributed by atoms with Gasteiger partial charge in [0.15, 0.2) is 5.15 Å². The first-order valence-electron chi connectivity index (χ1n) is 5.48. The first kappa shape index (κ1) is 11.1. The van der Waals surface area contributed by atoms with Crippen LogP contribution in [0, 0.1) is 0 Å². The van der Waals surface area contributed by atoms with Gasteiger partial charge in [0.1, 0.15) is 5.82 Å². The summed E-state index contributed by atoms with van der Waals surface area (Å²) in [6.07, 6.45) is 1.74. The number of aryl methyl sites for hydroxylation is 2. The van der Waals surface area contributed by atoms with Crippen LogP contribution in [-0.4, -0.2) is 19.6 Å². The van der Waals surface area contributed by atoms with E-state index in [0.717, 1.165) is 22.0 Å². The van der Waals surface area contributed by atoms with Crippen molar-refractivity contribution in [3.8, 4) is 11.1 Å². The fourth-order valence-electron chi connectivity index (χ4n) is 2.14. The van der Waals surface area contributed by atoms with Crippen LogP contribution in [0.4, 0.5) is 5.82 Å². The number of hydrogen-bond acceptors (Lipinski definition) is 3. The van der Waals surface area contributed by atoms with Crippen molar-refractivity contribution in [3.63, 3.8) is 0 Å². The van der Waals surface area contributed by atoms with Gasteiger partial charge in [-0.05, 0) is 11.6 Å². The van der Waals surface area contributed by atoms with Crippen molar-refractivity contribution >= 4 is 28.3 Å². The van der Waals surface area contributed by atoms with Crippen LogP contribution in [-0.2, 0) is 14.1 Å². The number of fused-ring (bicyclic) bond motifs is 1. The van der Waals surface area contributed by atoms with Gasteiger partial charge in [-0.25, -0.2) is 0 Å². The maximum Gasteiger partial charge on any atom is 0.159 e. The first-order chi connectivity index (χ1) is 8.59. The highest BCUT2D eigenvalue weighted by atomic mass is 35.5. The van der Waals surface area contributed by atoms with Crippen LogP contribution in [0.2, 0.25) is 5.15 Å². The molecule has 6 heteroatoms. The largest absolute Gasteiger partial charge is 0.383 e. The van der Waals surface area contributed by atoms with E-state index in [0.29, 0.717) is 11.0 Å². The number of nitrogen functional groups attached to an aromatic ring is 1. The Morgan fingerprint density at radius 3 is 2.61 bits per heavy atom. The number of nitrogens with two attached hydrogens (primary N) is 1. The third-order valence-electron chi connectivity index (χ3n) is 3.11. The molecule has 0 saturated heterocycles. The summed E-state index contributed by atoms with van der Waals surface area (Å²) in [5.74, 6) is 0.613. The number of nitrogens with zero attached hydrogens (tertiary/aromatic N) is 4. The van der Waals surface area contributed by atoms with Crippen LogP contribution in [0.5, 0.6) is 0 Å². The minimum Gasteiger partial charge on any atom is -0.383 e. The van der Waals surface area contributed by atoms with Gasteiger partial charge in [-0.2, -0.15) is 10.2 Å². The third kappa shape index (κ3) is 1.41. The molecule has 5 nitrogen and oxygen atoms in total. The number of anilines is 1. The van der Waals surface area contributed by atoms with Crippen molar-refractivity contribution in [2.45, 2.75) is 0 Å². The van der Waals surface area contributed by atoms with Crippen molar-refractivity contribution in [3.05, 3.63) is 29.5 Å². The molecule has 0 unspecified atom stereocenters. The van der Waals surface area contributed by atoms with E-state index in [9.17, 15) is 0 Å². The number of rotatable bonds is 1. The highest BCUT2D eigenvalue weighted by Gasteiger charge is 2.15. The van der Waals surface area contributed by atoms with Crippen LogP contribution >= 0.6 is 11.6 Å². The molecule has 0 atom stereocenters. The maximum absolute atomic E-state index is 6.19. The van der Waals surface area contributed by atoms with Gasteiger partial charge >= 0.3 is 0 Å². The summed E-state index contributed by atoms with van der Waals surface area (Å²) in [4.78, 5) is 0. The van der Waals surface area contributed by atoms with E-state index in [1.165, 1.54) is 0 Å². The van der Waals surface area contributed by atoms with Crippen LogP contribution in [0.1, 0.15) is 0 Å². The minimum absolute atomic E-state index is 0.478. The normalized spacial score (nSPS) is 11.3. The Morgan fingerprint density at radius 1 is 1.17 bits per heavy atom. The highest BCUT2D eigenvalue weighted by molar-refractivity contribution is 6.35. The molecule has 92 valence electrons. The molecule has 0 saturated carbocycles. The van der Waals surface area contributed by atoms with Gasteiger partial charge in [0.2, 0.25) is 0 Å². The smallest absolute Gasteiger partial charge is 0.159 e. The Bertz CT molecular complexity index is 740. The molecule has 18 heavy (non-hydrogen) atoms. The molecule has 0 radical (unpaired) electrons. The predicted octanol–water partition coefficient (Wildman–Crippen LogP) is 2.21. The van der Waals surface area contributed by atoms with E-state index < -0.39 is 0 Å². The molecule has 0 spiro atoms. The van der Waals surface area contributed by atoms with E-state index >= 15 is 0 Å². The molecule has 1 aromatic carbocycles. The van der Waals surface area contributed by atoms with Crippen molar-refractivity contribution in [1.29, 1.82) is 0 Å². The fraction of sp³-hybridized carbons (Fsp3) is 0.167. The SMILES string of the molecule is Cn1ncc(-c2cccc3c2c(Cl)nn3C)c1N. The monoisotopic (exact) mass is 261 g/mol. The van der Waals surface area contributed by atoms with Gasteiger partial charge in [0.25, 0.3) is 0 Å². The second-order valence-electron chi connectivity index (χ2n) is 4.18. The lowest BCUT2D eigenvalue weighted by molar-refractivity contribution is 0.779. The Hall–Kier alpha value is -2.01. The maximum atomic E-state index is 6.19. The molecule has 2 N–H and O–H groups in total. The summed E-state index contributed by atoms with van der Waals surface area (Å²) < 4.78 is 3.40. The van der Waals surface area contributed by atoms with Crippen LogP contribution in [0.25, 0.3) is 22.0 Å². The molecule has 2 heterocycles. The number of hydrogen-bond donors (Lipinski definition) is 1. The quantitative estimate of drug-likeness (QED) is 0.731. The minimum atomic E-state index is 0.478. The van der Waals surface area contributed by atoms with Crippen LogP contribution in [0.15, 0.2) is 24.4 Å². The average Bonchev–Trinajstić information content (AvgIpc) is 2.83. The zero-order valence-electron chi connectivity index (χ0n) is 10.1. The second-order valence-corrected chi connectivity index (χ2v) is 4.54. The van der Waals surface area contributed by atoms with Crippen molar-refractivity contribution in [1.82, 2.24) is 19.6 Å². The summed E-state index contributed by atoms with van der Waals surface area (Å²) in [5.41, 5.74) is 8.81. The number of aromatic nitrogens is 4. The molecule has 0 amide bonds. The van der Waals surface area contributed by atoms with Gasteiger partial charge in [-0.3, -0.25) is 9.36 Å². The third-order valence-corrected chi connectivity index (χ3v) is 3.37. The van der Waals surface area contributed by atoms with E-state index in [4.69, 9.17) is 17.3 Å². The van der Waals surface area contributed by atoms with E-state index in [2.05, 4.69) is 10.2 Å². The second kappa shape index (κ2) is 3.74. The van der Waals surface area contributed by atoms with Gasteiger partial charge in [0, 0.05) is 25.0 Å². The van der Waals surface area contributed by atoms with Gasteiger partial charge in [0.05, 0.1) is 11.7 Å². The van der Waals surface area contributed by atoms with Crippen molar-refractivity contribution in [2.24, 2.45) is 14.1 Å². The molecule has 3 rings (SSSR count). The molecule has 0 aliphatic carbocycles. The molecular weight excluding hydrogens is 250 g/mol. The Kier molecular flexibility index (Phi) is 2.31.